The number of nitrogens with zero attached hydrogens (tertiary/aromatic N) is 5. The maximum atomic E-state index is 15.7. The summed E-state index contributed by atoms with van der Waals surface area (Å²) >= 11 is 0. The molecule has 3 rings (SSSR count). The number of alkyl halides is 1. The Morgan fingerprint density at radius 3 is 2.29 bits per heavy atom. The number of aromatic nitrogens is 2. The lowest BCUT2D eigenvalue weighted by molar-refractivity contribution is -0.0979. The van der Waals surface area contributed by atoms with Crippen molar-refractivity contribution in [3.8, 4) is 0 Å². The summed E-state index contributed by atoms with van der Waals surface area (Å²) in [5.74, 6) is -0.164. The van der Waals surface area contributed by atoms with Crippen molar-refractivity contribution in [3.63, 3.8) is 0 Å². The highest BCUT2D eigenvalue weighted by Crippen LogP contribution is 2.69. The molecule has 1 aromatic rings. The van der Waals surface area contributed by atoms with E-state index in [1.54, 1.807) is 0 Å². The van der Waals surface area contributed by atoms with Crippen molar-refractivity contribution in [2.45, 2.75) is 69.6 Å². The van der Waals surface area contributed by atoms with Crippen LogP contribution in [0.2, 0.25) is 0 Å². The Labute approximate surface area is 230 Å². The number of nitrogens with two attached hydrogens (primary N) is 1. The van der Waals surface area contributed by atoms with E-state index in [2.05, 4.69) is 24.5 Å². The second-order valence-electron chi connectivity index (χ2n) is 9.10. The summed E-state index contributed by atoms with van der Waals surface area (Å²) in [5.41, 5.74) is 8.37. The predicted octanol–water partition coefficient (Wildman–Crippen LogP) is 2.05. The highest BCUT2D eigenvalue weighted by atomic mass is 31.2. The molecule has 19 nitrogen and oxygen atoms in total. The minimum atomic E-state index is -5.00. The monoisotopic (exact) mass is 610 g/mol. The first-order chi connectivity index (χ1) is 19.2. The minimum Gasteiger partial charge on any atom is -0.432 e. The molecule has 2 aliphatic rings. The maximum absolute atomic E-state index is 15.7. The van der Waals surface area contributed by atoms with Gasteiger partial charge in [0.2, 0.25) is 13.6 Å². The van der Waals surface area contributed by atoms with Crippen LogP contribution in [-0.4, -0.2) is 82.8 Å². The summed E-state index contributed by atoms with van der Waals surface area (Å²) < 4.78 is 69.2. The molecule has 1 unspecified atom stereocenters. The molecule has 1 aliphatic carbocycles. The van der Waals surface area contributed by atoms with Gasteiger partial charge in [-0.3, -0.25) is 9.09 Å². The van der Waals surface area contributed by atoms with Crippen LogP contribution in [0.25, 0.3) is 10.4 Å². The molecule has 3 N–H and O–H groups in total. The van der Waals surface area contributed by atoms with Crippen LogP contribution in [0, 0.1) is 0 Å². The molecule has 2 heterocycles. The van der Waals surface area contributed by atoms with Crippen LogP contribution in [0.15, 0.2) is 22.2 Å². The smallest absolute Gasteiger partial charge is 0.432 e. The number of phosphoric ester groups is 1. The molecule has 0 spiro atoms. The van der Waals surface area contributed by atoms with Gasteiger partial charge in [0.15, 0.2) is 18.0 Å². The Bertz CT molecular complexity index is 1260. The van der Waals surface area contributed by atoms with Gasteiger partial charge in [0.05, 0.1) is 18.8 Å². The quantitative estimate of drug-likeness (QED) is 0.0809. The van der Waals surface area contributed by atoms with Gasteiger partial charge in [-0.15, -0.1) is 0 Å². The third-order valence-electron chi connectivity index (χ3n) is 5.59. The maximum Gasteiger partial charge on any atom is 0.510 e. The molecule has 5 atom stereocenters. The SMILES string of the molecule is CC(C)OC(=O)OCOP(=O)(OCOC(=O)OC(C)C)OC1[C@@]2(CN=[N+]=[N-])O[C@@H](n3ccc(N)nc3=O)[C@H](F)[C@@]12O. The topological polar surface area (TPSA) is 255 Å². The molecule has 0 amide bonds. The number of hydrogen-bond donors (Lipinski definition) is 2. The zero-order valence-corrected chi connectivity index (χ0v) is 23.0. The van der Waals surface area contributed by atoms with Crippen LogP contribution in [0.5, 0.6) is 0 Å². The van der Waals surface area contributed by atoms with E-state index < -0.39 is 87.9 Å². The third kappa shape index (κ3) is 6.87. The summed E-state index contributed by atoms with van der Waals surface area (Å²) in [4.78, 5) is 41.6. The number of phosphoric acid groups is 1. The van der Waals surface area contributed by atoms with Gasteiger partial charge >= 0.3 is 25.8 Å². The average molecular weight is 610 g/mol. The van der Waals surface area contributed by atoms with Crippen LogP contribution >= 0.6 is 7.82 Å². The van der Waals surface area contributed by atoms with Crippen molar-refractivity contribution in [2.24, 2.45) is 5.11 Å². The number of hydrogen-bond acceptors (Lipinski definition) is 16. The molecule has 1 saturated heterocycles. The van der Waals surface area contributed by atoms with Gasteiger partial charge < -0.3 is 34.5 Å². The Hall–Kier alpha value is -3.51. The fraction of sp³-hybridized carbons (Fsp3) is 0.700. The van der Waals surface area contributed by atoms with E-state index in [4.69, 9.17) is 39.0 Å². The number of halogens is 1. The number of carbonyl (C=O) groups excluding carboxylic acids is 2. The molecule has 1 aromatic heterocycles. The number of aliphatic hydroxyl groups is 1. The highest BCUT2D eigenvalue weighted by Gasteiger charge is 2.90. The summed E-state index contributed by atoms with van der Waals surface area (Å²) in [6.07, 6.45) is -8.67. The van der Waals surface area contributed by atoms with Crippen molar-refractivity contribution in [3.05, 3.63) is 33.2 Å². The molecule has 228 valence electrons. The molecular formula is C20H28FN6O13P. The lowest BCUT2D eigenvalue weighted by atomic mass is 10.1. The van der Waals surface area contributed by atoms with E-state index in [-0.39, 0.29) is 5.82 Å². The first-order valence-electron chi connectivity index (χ1n) is 11.8. The highest BCUT2D eigenvalue weighted by molar-refractivity contribution is 7.48. The number of fused-ring (bicyclic) bond motifs is 1. The molecule has 0 bridgehead atoms. The van der Waals surface area contributed by atoms with Crippen molar-refractivity contribution in [2.75, 3.05) is 25.9 Å². The van der Waals surface area contributed by atoms with Crippen LogP contribution in [0.1, 0.15) is 33.9 Å². The van der Waals surface area contributed by atoms with Crippen LogP contribution in [0.3, 0.4) is 0 Å². The van der Waals surface area contributed by atoms with Gasteiger partial charge in [-0.2, -0.15) is 4.98 Å². The van der Waals surface area contributed by atoms with Crippen molar-refractivity contribution >= 4 is 26.0 Å². The zero-order chi connectivity index (χ0) is 30.6. The van der Waals surface area contributed by atoms with Gasteiger partial charge in [-0.25, -0.2) is 32.4 Å². The third-order valence-corrected chi connectivity index (χ3v) is 6.90. The predicted molar refractivity (Wildman–Crippen MR) is 129 cm³/mol. The van der Waals surface area contributed by atoms with E-state index in [0.29, 0.717) is 4.57 Å². The number of nitrogen functional groups attached to an aromatic ring is 1. The molecular weight excluding hydrogens is 582 g/mol. The van der Waals surface area contributed by atoms with Gasteiger partial charge in [0.1, 0.15) is 17.5 Å². The Morgan fingerprint density at radius 2 is 1.80 bits per heavy atom. The molecule has 21 heteroatoms. The van der Waals surface area contributed by atoms with E-state index in [9.17, 15) is 24.1 Å². The summed E-state index contributed by atoms with van der Waals surface area (Å²) in [5, 5.41) is 14.5. The number of carbonyl (C=O) groups is 2. The normalized spacial score (nSPS) is 26.7. The molecule has 1 saturated carbocycles. The molecule has 2 fully saturated rings. The van der Waals surface area contributed by atoms with E-state index >= 15 is 4.39 Å². The summed E-state index contributed by atoms with van der Waals surface area (Å²) in [6, 6.07) is 1.17. The van der Waals surface area contributed by atoms with Gasteiger partial charge in [-0.1, -0.05) is 5.11 Å². The minimum absolute atomic E-state index is 0.164. The van der Waals surface area contributed by atoms with Gasteiger partial charge in [0, 0.05) is 11.1 Å². The lowest BCUT2D eigenvalue weighted by Crippen LogP contribution is -2.38. The van der Waals surface area contributed by atoms with Crippen LogP contribution in [0.4, 0.5) is 19.8 Å². The molecule has 0 aromatic carbocycles. The first kappa shape index (κ1) is 32.0. The largest absolute Gasteiger partial charge is 0.510 e. The fourth-order valence-corrected chi connectivity index (χ4v) is 4.98. The Kier molecular flexibility index (Phi) is 9.81. The first-order valence-corrected chi connectivity index (χ1v) is 13.3. The molecule has 41 heavy (non-hydrogen) atoms. The number of azide groups is 1. The van der Waals surface area contributed by atoms with Crippen LogP contribution in [-0.2, 0) is 41.8 Å². The van der Waals surface area contributed by atoms with Gasteiger partial charge in [-0.05, 0) is 39.3 Å². The van der Waals surface area contributed by atoms with E-state index in [1.807, 2.05) is 0 Å². The summed E-state index contributed by atoms with van der Waals surface area (Å²) in [7, 11) is -5.00. The van der Waals surface area contributed by atoms with E-state index in [0.717, 1.165) is 6.20 Å². The average Bonchev–Trinajstić information content (AvgIpc) is 3.25. The van der Waals surface area contributed by atoms with Crippen molar-refractivity contribution in [1.82, 2.24) is 9.55 Å². The van der Waals surface area contributed by atoms with Crippen molar-refractivity contribution in [1.29, 1.82) is 0 Å². The number of anilines is 1. The summed E-state index contributed by atoms with van der Waals surface area (Å²) in [6.45, 7) is 3.14. The number of rotatable bonds is 13. The number of ether oxygens (including phenoxy) is 5. The van der Waals surface area contributed by atoms with E-state index in [1.165, 1.54) is 33.8 Å². The fourth-order valence-electron chi connectivity index (χ4n) is 3.83. The molecule has 1 aliphatic heterocycles. The van der Waals surface area contributed by atoms with Crippen molar-refractivity contribution < 1.29 is 60.9 Å². The molecule has 0 radical (unpaired) electrons. The second-order valence-corrected chi connectivity index (χ2v) is 10.7. The second kappa shape index (κ2) is 12.6. The lowest BCUT2D eigenvalue weighted by Gasteiger charge is -2.25. The Morgan fingerprint density at radius 1 is 1.24 bits per heavy atom. The standard InChI is InChI=1S/C20H28FN6O13P/c1-10(2)37-17(29)33-8-35-41(32,36-9-34-18(30)38-11(3)4)40-15-19(7-24-26-23)20(15,31)13(21)14(39-19)27-6-5-12(22)25-16(27)28/h5-6,10-11,13-15,31H,7-9H2,1-4H3,(H2,22,25,28)/t13-,14+,15?,19+,20+/m0/s1. The zero-order valence-electron chi connectivity index (χ0n) is 22.1. The Balaban J connectivity index is 1.82. The van der Waals surface area contributed by atoms with Crippen LogP contribution < -0.4 is 11.4 Å². The van der Waals surface area contributed by atoms with Gasteiger partial charge in [0.25, 0.3) is 0 Å².